The van der Waals surface area contributed by atoms with Crippen molar-refractivity contribution < 1.29 is 57.8 Å². The molecule has 5 heterocycles. The first kappa shape index (κ1) is 64.9. The molecule has 0 bridgehead atoms. The van der Waals surface area contributed by atoms with Crippen LogP contribution in [0.5, 0.6) is 0 Å². The SMILES string of the molecule is Cc1cc(CO[C@H](C)[C@H](CCC(N)=O)NC(=O)[C@@H]2Cc3cccc4c3N2C(=O)[C@@H](NC(=O)c2cc3cc(CP(=O)(O)O)ccc3[nH]2)CC4)ccc1CCCCC(=O)N[C@H](C(=O)N1C[C@H](O)C[C@H]1C(=O)N[C@@H](C)c1ccc(-c2scnc2C)cc1)C(C)(C)C. The van der Waals surface area contributed by atoms with Crippen molar-refractivity contribution in [2.75, 3.05) is 11.4 Å². The van der Waals surface area contributed by atoms with Gasteiger partial charge in [-0.05, 0) is 134 Å². The lowest BCUT2D eigenvalue weighted by Gasteiger charge is -2.35. The number of fused-ring (bicyclic) bond motifs is 1. The lowest BCUT2D eigenvalue weighted by molar-refractivity contribution is -0.144. The number of benzene rings is 4. The van der Waals surface area contributed by atoms with Crippen molar-refractivity contribution in [3.63, 3.8) is 0 Å². The first-order chi connectivity index (χ1) is 41.7. The zero-order chi connectivity index (χ0) is 63.4. The first-order valence-electron chi connectivity index (χ1n) is 30.0. The molecule has 88 heavy (non-hydrogen) atoms. The van der Waals surface area contributed by atoms with Crippen LogP contribution < -0.4 is 31.9 Å². The third-order valence-corrected chi connectivity index (χ3v) is 18.8. The fraction of sp³-hybridized carbons (Fsp3) is 0.446. The van der Waals surface area contributed by atoms with E-state index in [4.69, 9.17) is 10.5 Å². The normalized spacial score (nSPS) is 18.9. The van der Waals surface area contributed by atoms with Crippen LogP contribution in [0.15, 0.2) is 90.4 Å². The van der Waals surface area contributed by atoms with Gasteiger partial charge in [0, 0.05) is 43.1 Å². The van der Waals surface area contributed by atoms with E-state index >= 15 is 0 Å². The molecule has 468 valence electrons. The Hall–Kier alpha value is -7.59. The monoisotopic (exact) mass is 1240 g/mol. The number of primary amides is 1. The number of para-hydroxylation sites is 1. The van der Waals surface area contributed by atoms with E-state index in [1.165, 1.54) is 9.80 Å². The van der Waals surface area contributed by atoms with Crippen LogP contribution in [0.3, 0.4) is 0 Å². The molecule has 21 nitrogen and oxygen atoms in total. The summed E-state index contributed by atoms with van der Waals surface area (Å²) in [6.45, 7) is 13.4. The number of hydrogen-bond donors (Lipinski definition) is 9. The van der Waals surface area contributed by atoms with Gasteiger partial charge in [0.1, 0.15) is 29.9 Å². The molecule has 6 aromatic rings. The molecule has 0 spiro atoms. The molecule has 4 aromatic carbocycles. The molecular formula is C65H80N9O12PS. The number of nitrogens with two attached hydrogens (primary N) is 1. The molecule has 0 unspecified atom stereocenters. The van der Waals surface area contributed by atoms with Gasteiger partial charge in [0.25, 0.3) is 5.91 Å². The number of ether oxygens (including phenoxy) is 1. The van der Waals surface area contributed by atoms with E-state index in [0.717, 1.165) is 49.5 Å². The average Bonchev–Trinajstić information content (AvgIpc) is 1.73. The second-order valence-electron chi connectivity index (χ2n) is 24.8. The number of H-pyrrole nitrogens is 1. The molecule has 7 amide bonds. The minimum Gasteiger partial charge on any atom is -0.391 e. The summed E-state index contributed by atoms with van der Waals surface area (Å²) in [7, 11) is -4.33. The van der Waals surface area contributed by atoms with Crippen molar-refractivity contribution in [2.45, 2.75) is 174 Å². The van der Waals surface area contributed by atoms with E-state index in [-0.39, 0.29) is 75.2 Å². The van der Waals surface area contributed by atoms with Gasteiger partial charge in [-0.15, -0.1) is 11.3 Å². The Morgan fingerprint density at radius 3 is 2.31 bits per heavy atom. The van der Waals surface area contributed by atoms with Crippen molar-refractivity contribution in [1.29, 1.82) is 0 Å². The number of rotatable bonds is 24. The molecule has 10 N–H and O–H groups in total. The molecule has 1 saturated heterocycles. The average molecular weight is 1240 g/mol. The highest BCUT2D eigenvalue weighted by Gasteiger charge is 2.46. The van der Waals surface area contributed by atoms with E-state index in [1.54, 1.807) is 42.5 Å². The minimum atomic E-state index is -4.33. The minimum absolute atomic E-state index is 0.0297. The highest BCUT2D eigenvalue weighted by molar-refractivity contribution is 7.50. The van der Waals surface area contributed by atoms with Crippen molar-refractivity contribution in [3.8, 4) is 10.4 Å². The summed E-state index contributed by atoms with van der Waals surface area (Å²) in [5, 5.41) is 23.3. The fourth-order valence-electron chi connectivity index (χ4n) is 12.2. The Labute approximate surface area is 516 Å². The maximum absolute atomic E-state index is 14.6. The summed E-state index contributed by atoms with van der Waals surface area (Å²) < 4.78 is 18.0. The quantitative estimate of drug-likeness (QED) is 0.0217. The number of likely N-dealkylation sites (tertiary alicyclic amines) is 1. The lowest BCUT2D eigenvalue weighted by Crippen LogP contribution is -2.57. The number of β-amino-alcohol motifs (C(OH)–C–C–N with tert-alkyl or cyclic N) is 1. The van der Waals surface area contributed by atoms with Crippen molar-refractivity contribution in [1.82, 2.24) is 36.1 Å². The molecule has 23 heteroatoms. The summed E-state index contributed by atoms with van der Waals surface area (Å²) in [4.78, 5) is 127. The summed E-state index contributed by atoms with van der Waals surface area (Å²) in [6.07, 6.45) is 1.27. The zero-order valence-corrected chi connectivity index (χ0v) is 52.5. The predicted molar refractivity (Wildman–Crippen MR) is 335 cm³/mol. The topological polar surface area (TPSA) is 316 Å². The van der Waals surface area contributed by atoms with Gasteiger partial charge in [-0.25, -0.2) is 4.98 Å². The molecule has 2 aromatic heterocycles. The number of aromatic amines is 1. The Balaban J connectivity index is 0.761. The first-order valence-corrected chi connectivity index (χ1v) is 32.7. The maximum atomic E-state index is 14.6. The van der Waals surface area contributed by atoms with Crippen molar-refractivity contribution in [2.24, 2.45) is 11.1 Å². The standard InChI is InChI=1S/C65H80N9O12PS/c1-36-27-40(15-17-42(36)11-8-9-14-56(77)72-59(65(5,6)7)64(82)73-32-48(75)31-53(73)61(79)68-37(2)43-18-20-45(21-19-43)58-38(3)67-35-88-58)33-86-39(4)49(25-26-55(66)76)70-62(80)54-30-46-13-10-12-44-22-24-51(63(81)74(54)57(44)46)71-60(78)52-29-47-28-41(34-87(83,84)85)16-23-50(47)69-52/h10,12-13,15-21,23,27-29,35,37,39,48-49,51,53-54,59,69,75H,8-9,11,14,22,24-26,30-34H2,1-7H3,(H2,66,76)(H,68,79)(H,70,80)(H,71,78)(H,72,77)(H2,83,84,85)/t37-,39+,48+,49-,51-,53-,54-,59+/m0/s1. The van der Waals surface area contributed by atoms with Crippen LogP contribution in [-0.2, 0) is 70.1 Å². The summed E-state index contributed by atoms with van der Waals surface area (Å²) >= 11 is 1.56. The molecular weight excluding hydrogens is 1160 g/mol. The third-order valence-electron chi connectivity index (χ3n) is 17.0. The van der Waals surface area contributed by atoms with Gasteiger partial charge in [-0.1, -0.05) is 87.5 Å². The molecule has 8 atom stereocenters. The van der Waals surface area contributed by atoms with Crippen LogP contribution in [0.25, 0.3) is 21.3 Å². The number of hydrogen-bond acceptors (Lipinski definition) is 12. The Kier molecular flexibility index (Phi) is 20.2. The van der Waals surface area contributed by atoms with Gasteiger partial charge in [0.2, 0.25) is 35.4 Å². The van der Waals surface area contributed by atoms with Crippen molar-refractivity contribution in [3.05, 3.63) is 141 Å². The number of anilines is 1. The fourth-order valence-corrected chi connectivity index (χ4v) is 13.7. The van der Waals surface area contributed by atoms with Crippen LogP contribution in [-0.4, -0.2) is 120 Å². The largest absolute Gasteiger partial charge is 0.391 e. The van der Waals surface area contributed by atoms with Crippen LogP contribution in [0.2, 0.25) is 0 Å². The summed E-state index contributed by atoms with van der Waals surface area (Å²) in [5.74, 6) is -3.13. The Bertz CT molecular complexity index is 3650. The number of carbonyl (C=O) groups is 7. The van der Waals surface area contributed by atoms with E-state index < -0.39 is 91.1 Å². The number of unbranched alkanes of at least 4 members (excludes halogenated alkanes) is 1. The van der Waals surface area contributed by atoms with E-state index in [9.17, 15) is 53.0 Å². The van der Waals surface area contributed by atoms with Gasteiger partial charge in [0.05, 0.1) is 58.8 Å². The van der Waals surface area contributed by atoms with Gasteiger partial charge >= 0.3 is 7.60 Å². The smallest absolute Gasteiger partial charge is 0.329 e. The maximum Gasteiger partial charge on any atom is 0.329 e. The lowest BCUT2D eigenvalue weighted by atomic mass is 9.85. The van der Waals surface area contributed by atoms with E-state index in [2.05, 4.69) is 31.2 Å². The zero-order valence-electron chi connectivity index (χ0n) is 50.8. The molecule has 0 radical (unpaired) electrons. The predicted octanol–water partition coefficient (Wildman–Crippen LogP) is 7.03. The molecule has 3 aliphatic heterocycles. The number of aliphatic hydroxyl groups is 1. The number of aliphatic hydroxyl groups excluding tert-OH is 1. The van der Waals surface area contributed by atoms with Crippen molar-refractivity contribution >= 4 is 76.9 Å². The number of aromatic nitrogens is 2. The van der Waals surface area contributed by atoms with E-state index in [1.807, 2.05) is 108 Å². The van der Waals surface area contributed by atoms with Crippen LogP contribution in [0, 0.1) is 19.3 Å². The molecule has 1 fully saturated rings. The molecule has 9 rings (SSSR count). The second-order valence-corrected chi connectivity index (χ2v) is 27.3. The van der Waals surface area contributed by atoms with Crippen LogP contribution in [0.1, 0.15) is 141 Å². The molecule has 0 aliphatic carbocycles. The number of nitrogens with zero attached hydrogens (tertiary/aromatic N) is 3. The Morgan fingerprint density at radius 2 is 1.61 bits per heavy atom. The van der Waals surface area contributed by atoms with Gasteiger partial charge in [-0.3, -0.25) is 43.0 Å². The van der Waals surface area contributed by atoms with Gasteiger partial charge in [0.15, 0.2) is 0 Å². The molecule has 0 saturated carbocycles. The number of amides is 7. The highest BCUT2D eigenvalue weighted by Crippen LogP contribution is 2.41. The number of carbonyl (C=O) groups excluding carboxylic acids is 7. The van der Waals surface area contributed by atoms with E-state index in [0.29, 0.717) is 47.8 Å². The van der Waals surface area contributed by atoms with Gasteiger partial charge in [-0.2, -0.15) is 0 Å². The molecule has 3 aliphatic rings. The number of thiazole rings is 1. The summed E-state index contributed by atoms with van der Waals surface area (Å²) in [6, 6.07) is 21.0. The van der Waals surface area contributed by atoms with Gasteiger partial charge < -0.3 is 56.5 Å². The van der Waals surface area contributed by atoms with Crippen LogP contribution >= 0.6 is 18.9 Å². The summed E-state index contributed by atoms with van der Waals surface area (Å²) in [5.41, 5.74) is 16.0. The second kappa shape index (κ2) is 27.4. The number of aryl methyl sites for hydroxylation is 4. The highest BCUT2D eigenvalue weighted by atomic mass is 32.1. The number of nitrogens with one attached hydrogen (secondary N) is 5. The third kappa shape index (κ3) is 15.6. The van der Waals surface area contributed by atoms with Crippen LogP contribution in [0.4, 0.5) is 5.69 Å². The Morgan fingerprint density at radius 1 is 0.886 bits per heavy atom.